The van der Waals surface area contributed by atoms with E-state index in [0.717, 1.165) is 35.4 Å². The maximum atomic E-state index is 13.3. The van der Waals surface area contributed by atoms with E-state index in [1.54, 1.807) is 7.11 Å². The summed E-state index contributed by atoms with van der Waals surface area (Å²) in [5.41, 5.74) is 2.14. The van der Waals surface area contributed by atoms with Crippen molar-refractivity contribution in [3.63, 3.8) is 0 Å². The number of methoxy groups -OCH3 is 1. The molecule has 1 aliphatic heterocycles. The Balaban J connectivity index is 2.18. The summed E-state index contributed by atoms with van der Waals surface area (Å²) >= 11 is 0. The van der Waals surface area contributed by atoms with Gasteiger partial charge in [-0.25, -0.2) is 0 Å². The van der Waals surface area contributed by atoms with Crippen molar-refractivity contribution in [3.05, 3.63) is 59.7 Å². The molecule has 0 saturated heterocycles. The van der Waals surface area contributed by atoms with Gasteiger partial charge in [-0.3, -0.25) is 4.79 Å². The van der Waals surface area contributed by atoms with Crippen LogP contribution >= 0.6 is 0 Å². The Kier molecular flexibility index (Phi) is 4.71. The van der Waals surface area contributed by atoms with Gasteiger partial charge in [-0.2, -0.15) is 0 Å². The molecule has 0 aromatic heterocycles. The average molecular weight is 338 g/mol. The number of anilines is 1. The molecule has 132 valence electrons. The molecule has 1 N–H and O–H groups in total. The Bertz CT molecular complexity index is 757. The number of amides is 1. The number of fused-ring (bicyclic) bond motifs is 1. The highest BCUT2D eigenvalue weighted by Crippen LogP contribution is 2.42. The van der Waals surface area contributed by atoms with Crippen LogP contribution in [0.2, 0.25) is 0 Å². The zero-order valence-electron chi connectivity index (χ0n) is 15.4. The molecule has 1 heterocycles. The van der Waals surface area contributed by atoms with E-state index in [1.165, 1.54) is 0 Å². The molecular formula is C21H26N2O2. The van der Waals surface area contributed by atoms with Gasteiger partial charge in [-0.15, -0.1) is 0 Å². The van der Waals surface area contributed by atoms with E-state index in [4.69, 9.17) is 4.74 Å². The van der Waals surface area contributed by atoms with Gasteiger partial charge in [0.1, 0.15) is 11.4 Å². The third-order valence-corrected chi connectivity index (χ3v) is 5.24. The summed E-state index contributed by atoms with van der Waals surface area (Å²) in [4.78, 5) is 15.4. The topological polar surface area (TPSA) is 41.6 Å². The SMILES string of the molecule is CCC(C)N1C(=O)c2ccccc2NC1(CC)c1ccc(OC)cc1. The first kappa shape index (κ1) is 17.3. The molecule has 25 heavy (non-hydrogen) atoms. The van der Waals surface area contributed by atoms with E-state index in [1.807, 2.05) is 53.4 Å². The maximum Gasteiger partial charge on any atom is 0.258 e. The third-order valence-electron chi connectivity index (χ3n) is 5.24. The van der Waals surface area contributed by atoms with E-state index in [-0.39, 0.29) is 11.9 Å². The molecule has 4 heteroatoms. The number of benzene rings is 2. The summed E-state index contributed by atoms with van der Waals surface area (Å²) < 4.78 is 5.29. The molecule has 1 amide bonds. The highest BCUT2D eigenvalue weighted by atomic mass is 16.5. The normalized spacial score (nSPS) is 20.6. The molecule has 3 rings (SSSR count). The van der Waals surface area contributed by atoms with E-state index in [9.17, 15) is 4.79 Å². The van der Waals surface area contributed by atoms with Gasteiger partial charge in [0.15, 0.2) is 0 Å². The molecule has 1 aliphatic rings. The van der Waals surface area contributed by atoms with E-state index < -0.39 is 5.66 Å². The number of para-hydroxylation sites is 1. The molecule has 2 unspecified atom stereocenters. The molecule has 4 nitrogen and oxygen atoms in total. The fourth-order valence-electron chi connectivity index (χ4n) is 3.66. The van der Waals surface area contributed by atoms with Crippen LogP contribution in [0.25, 0.3) is 0 Å². The van der Waals surface area contributed by atoms with E-state index in [0.29, 0.717) is 0 Å². The van der Waals surface area contributed by atoms with Crippen molar-refractivity contribution >= 4 is 11.6 Å². The van der Waals surface area contributed by atoms with Crippen molar-refractivity contribution in [2.24, 2.45) is 0 Å². The molecule has 0 fully saturated rings. The fraction of sp³-hybridized carbons (Fsp3) is 0.381. The van der Waals surface area contributed by atoms with Crippen molar-refractivity contribution in [1.82, 2.24) is 4.90 Å². The quantitative estimate of drug-likeness (QED) is 0.864. The van der Waals surface area contributed by atoms with E-state index in [2.05, 4.69) is 26.1 Å². The Morgan fingerprint density at radius 1 is 1.12 bits per heavy atom. The fourth-order valence-corrected chi connectivity index (χ4v) is 3.66. The smallest absolute Gasteiger partial charge is 0.258 e. The Morgan fingerprint density at radius 2 is 1.80 bits per heavy atom. The molecular weight excluding hydrogens is 312 g/mol. The van der Waals surface area contributed by atoms with Gasteiger partial charge >= 0.3 is 0 Å². The second kappa shape index (κ2) is 6.79. The minimum absolute atomic E-state index is 0.0846. The Hall–Kier alpha value is -2.49. The molecule has 2 aromatic carbocycles. The number of hydrogen-bond donors (Lipinski definition) is 1. The van der Waals surface area contributed by atoms with Gasteiger partial charge in [0.25, 0.3) is 5.91 Å². The summed E-state index contributed by atoms with van der Waals surface area (Å²) in [5, 5.41) is 3.67. The van der Waals surface area contributed by atoms with Gasteiger partial charge in [0.2, 0.25) is 0 Å². The van der Waals surface area contributed by atoms with Gasteiger partial charge < -0.3 is 15.0 Å². The summed E-state index contributed by atoms with van der Waals surface area (Å²) in [6, 6.07) is 15.9. The van der Waals surface area contributed by atoms with Gasteiger partial charge in [0, 0.05) is 11.7 Å². The maximum absolute atomic E-state index is 13.3. The van der Waals surface area contributed by atoms with Crippen LogP contribution in [0.3, 0.4) is 0 Å². The monoisotopic (exact) mass is 338 g/mol. The van der Waals surface area contributed by atoms with Gasteiger partial charge in [-0.05, 0) is 49.6 Å². The standard InChI is InChI=1S/C21H26N2O2/c1-5-15(3)23-20(24)18-9-7-8-10-19(18)22-21(23,6-2)16-11-13-17(25-4)14-12-16/h7-15,22H,5-6H2,1-4H3. The highest BCUT2D eigenvalue weighted by Gasteiger charge is 2.46. The molecule has 2 aromatic rings. The number of nitrogens with one attached hydrogen (secondary N) is 1. The van der Waals surface area contributed by atoms with Crippen molar-refractivity contribution in [1.29, 1.82) is 0 Å². The molecule has 0 spiro atoms. The predicted molar refractivity (Wildman–Crippen MR) is 101 cm³/mol. The lowest BCUT2D eigenvalue weighted by molar-refractivity contribution is 0.0335. The Morgan fingerprint density at radius 3 is 2.40 bits per heavy atom. The summed E-state index contributed by atoms with van der Waals surface area (Å²) in [6.07, 6.45) is 1.66. The first-order chi connectivity index (χ1) is 12.1. The van der Waals surface area contributed by atoms with Crippen LogP contribution in [0.15, 0.2) is 48.5 Å². The minimum Gasteiger partial charge on any atom is -0.497 e. The van der Waals surface area contributed by atoms with Gasteiger partial charge in [0.05, 0.1) is 12.7 Å². The lowest BCUT2D eigenvalue weighted by Crippen LogP contribution is -2.60. The first-order valence-corrected chi connectivity index (χ1v) is 8.92. The molecule has 0 aliphatic carbocycles. The third kappa shape index (κ3) is 2.76. The number of carbonyl (C=O) groups excluding carboxylic acids is 1. The summed E-state index contributed by atoms with van der Waals surface area (Å²) in [5.74, 6) is 0.897. The zero-order chi connectivity index (χ0) is 18.0. The van der Waals surface area contributed by atoms with Crippen LogP contribution in [0.1, 0.15) is 49.5 Å². The lowest BCUT2D eigenvalue weighted by atomic mass is 9.88. The number of rotatable bonds is 5. The van der Waals surface area contributed by atoms with Gasteiger partial charge in [-0.1, -0.05) is 38.1 Å². The van der Waals surface area contributed by atoms with Crippen molar-refractivity contribution < 1.29 is 9.53 Å². The second-order valence-corrected chi connectivity index (χ2v) is 6.55. The molecule has 0 radical (unpaired) electrons. The van der Waals surface area contributed by atoms with Crippen LogP contribution in [0, 0.1) is 0 Å². The molecule has 2 atom stereocenters. The summed E-state index contributed by atoms with van der Waals surface area (Å²) in [6.45, 7) is 6.35. The number of carbonyl (C=O) groups is 1. The van der Waals surface area contributed by atoms with E-state index >= 15 is 0 Å². The largest absolute Gasteiger partial charge is 0.497 e. The first-order valence-electron chi connectivity index (χ1n) is 8.92. The number of nitrogens with zero attached hydrogens (tertiary/aromatic N) is 1. The number of hydrogen-bond acceptors (Lipinski definition) is 3. The zero-order valence-corrected chi connectivity index (χ0v) is 15.4. The molecule has 0 bridgehead atoms. The van der Waals surface area contributed by atoms with Crippen LogP contribution in [-0.2, 0) is 5.66 Å². The van der Waals surface area contributed by atoms with Crippen LogP contribution in [-0.4, -0.2) is 24.0 Å². The van der Waals surface area contributed by atoms with Crippen molar-refractivity contribution in [2.45, 2.75) is 45.3 Å². The number of ether oxygens (including phenoxy) is 1. The second-order valence-electron chi connectivity index (χ2n) is 6.55. The summed E-state index contributed by atoms with van der Waals surface area (Å²) in [7, 11) is 1.66. The Labute approximate surface area is 149 Å². The molecule has 0 saturated carbocycles. The van der Waals surface area contributed by atoms with Crippen molar-refractivity contribution in [3.8, 4) is 5.75 Å². The van der Waals surface area contributed by atoms with Crippen LogP contribution in [0.5, 0.6) is 5.75 Å². The predicted octanol–water partition coefficient (Wildman–Crippen LogP) is 4.62. The van der Waals surface area contributed by atoms with Crippen molar-refractivity contribution in [2.75, 3.05) is 12.4 Å². The average Bonchev–Trinajstić information content (AvgIpc) is 2.67. The van der Waals surface area contributed by atoms with Crippen LogP contribution < -0.4 is 10.1 Å². The lowest BCUT2D eigenvalue weighted by Gasteiger charge is -2.51. The highest BCUT2D eigenvalue weighted by molar-refractivity contribution is 6.02. The van der Waals surface area contributed by atoms with Crippen LogP contribution in [0.4, 0.5) is 5.69 Å². The minimum atomic E-state index is -0.562.